The number of carboxylic acid groups (broad SMARTS) is 1. The van der Waals surface area contributed by atoms with E-state index in [4.69, 9.17) is 16.7 Å². The molecule has 2 heterocycles. The van der Waals surface area contributed by atoms with Crippen molar-refractivity contribution in [3.05, 3.63) is 45.1 Å². The van der Waals surface area contributed by atoms with Crippen LogP contribution >= 0.6 is 23.1 Å². The summed E-state index contributed by atoms with van der Waals surface area (Å²) in [5.74, 6) is -1.33. The first kappa shape index (κ1) is 14.7. The molecule has 0 aliphatic carbocycles. The van der Waals surface area contributed by atoms with Gasteiger partial charge in [-0.3, -0.25) is 9.59 Å². The summed E-state index contributed by atoms with van der Waals surface area (Å²) in [7, 11) is 0. The third kappa shape index (κ3) is 2.49. The number of aryl methyl sites for hydroxylation is 1. The fraction of sp³-hybridized carbons (Fsp3) is 0.143. The lowest BCUT2D eigenvalue weighted by atomic mass is 10.0. The smallest absolute Gasteiger partial charge is 0.307 e. The number of fused-ring (bicyclic) bond motifs is 1. The van der Waals surface area contributed by atoms with Crippen molar-refractivity contribution in [2.45, 2.75) is 13.3 Å². The van der Waals surface area contributed by atoms with E-state index < -0.39 is 5.97 Å². The number of nitrogens with one attached hydrogen (secondary N) is 1. The maximum Gasteiger partial charge on any atom is 0.307 e. The Morgan fingerprint density at radius 1 is 1.41 bits per heavy atom. The van der Waals surface area contributed by atoms with E-state index in [0.29, 0.717) is 32.1 Å². The topological polar surface area (TPSA) is 95.9 Å². The standard InChI is InChI=1S/C14H10ClN3O3S/c1-6-14(22-18-17-6)13(21)12-9(5-11(19)20)8-4-7(15)2-3-10(8)16-12/h2-4,16H,5H2,1H3,(H,19,20). The summed E-state index contributed by atoms with van der Waals surface area (Å²) in [6, 6.07) is 5.05. The first-order chi connectivity index (χ1) is 10.5. The summed E-state index contributed by atoms with van der Waals surface area (Å²) in [4.78, 5) is 27.2. The second-order valence-corrected chi connectivity index (χ2v) is 5.95. The monoisotopic (exact) mass is 335 g/mol. The quantitative estimate of drug-likeness (QED) is 0.715. The highest BCUT2D eigenvalue weighted by atomic mass is 35.5. The van der Waals surface area contributed by atoms with Crippen molar-refractivity contribution in [2.75, 3.05) is 0 Å². The number of aliphatic carboxylic acids is 1. The van der Waals surface area contributed by atoms with Gasteiger partial charge in [-0.1, -0.05) is 16.1 Å². The Morgan fingerprint density at radius 2 is 2.18 bits per heavy atom. The van der Waals surface area contributed by atoms with E-state index in [1.807, 2.05) is 0 Å². The van der Waals surface area contributed by atoms with Crippen molar-refractivity contribution in [1.82, 2.24) is 14.6 Å². The summed E-state index contributed by atoms with van der Waals surface area (Å²) < 4.78 is 3.75. The number of hydrogen-bond donors (Lipinski definition) is 2. The van der Waals surface area contributed by atoms with E-state index in [1.54, 1.807) is 25.1 Å². The number of aromatic nitrogens is 3. The molecule has 0 bridgehead atoms. The fourth-order valence-electron chi connectivity index (χ4n) is 2.30. The van der Waals surface area contributed by atoms with Crippen molar-refractivity contribution >= 4 is 45.8 Å². The second kappa shape index (κ2) is 5.51. The molecule has 112 valence electrons. The zero-order valence-corrected chi connectivity index (χ0v) is 13.0. The number of aromatic amines is 1. The van der Waals surface area contributed by atoms with Gasteiger partial charge in [0.25, 0.3) is 0 Å². The molecule has 0 saturated heterocycles. The van der Waals surface area contributed by atoms with E-state index in [0.717, 1.165) is 11.5 Å². The molecule has 8 heteroatoms. The molecule has 0 aliphatic heterocycles. The Balaban J connectivity index is 2.22. The predicted octanol–water partition coefficient (Wildman–Crippen LogP) is 2.84. The van der Waals surface area contributed by atoms with Gasteiger partial charge in [0.1, 0.15) is 4.88 Å². The minimum absolute atomic E-state index is 0.244. The minimum Gasteiger partial charge on any atom is -0.481 e. The van der Waals surface area contributed by atoms with Gasteiger partial charge in [-0.25, -0.2) is 0 Å². The number of benzene rings is 1. The third-order valence-electron chi connectivity index (χ3n) is 3.28. The van der Waals surface area contributed by atoms with Crippen LogP contribution in [0.4, 0.5) is 0 Å². The van der Waals surface area contributed by atoms with Gasteiger partial charge in [0, 0.05) is 21.5 Å². The first-order valence-electron chi connectivity index (χ1n) is 6.33. The summed E-state index contributed by atoms with van der Waals surface area (Å²) in [6.07, 6.45) is -0.271. The number of hydrogen-bond acceptors (Lipinski definition) is 5. The van der Waals surface area contributed by atoms with Gasteiger partial charge < -0.3 is 10.1 Å². The minimum atomic E-state index is -1.02. The van der Waals surface area contributed by atoms with Gasteiger partial charge in [-0.15, -0.1) is 5.10 Å². The number of carbonyl (C=O) groups excluding carboxylic acids is 1. The van der Waals surface area contributed by atoms with Gasteiger partial charge in [0.2, 0.25) is 5.78 Å². The maximum absolute atomic E-state index is 12.7. The number of carbonyl (C=O) groups is 2. The van der Waals surface area contributed by atoms with Crippen LogP contribution in [-0.2, 0) is 11.2 Å². The van der Waals surface area contributed by atoms with Gasteiger partial charge in [-0.05, 0) is 36.7 Å². The molecule has 0 fully saturated rings. The molecule has 22 heavy (non-hydrogen) atoms. The molecule has 1 aromatic carbocycles. The molecule has 0 atom stereocenters. The molecule has 3 aromatic rings. The summed E-state index contributed by atoms with van der Waals surface area (Å²) >= 11 is 6.97. The van der Waals surface area contributed by atoms with Crippen LogP contribution in [0.2, 0.25) is 5.02 Å². The zero-order valence-electron chi connectivity index (χ0n) is 11.4. The molecule has 6 nitrogen and oxygen atoms in total. The largest absolute Gasteiger partial charge is 0.481 e. The molecule has 0 unspecified atom stereocenters. The molecule has 0 saturated carbocycles. The summed E-state index contributed by atoms with van der Waals surface area (Å²) in [5.41, 5.74) is 1.85. The van der Waals surface area contributed by atoms with Gasteiger partial charge >= 0.3 is 5.97 Å². The van der Waals surface area contributed by atoms with Crippen molar-refractivity contribution in [2.24, 2.45) is 0 Å². The van der Waals surface area contributed by atoms with Crippen LogP contribution in [-0.4, -0.2) is 31.4 Å². The van der Waals surface area contributed by atoms with Gasteiger partial charge in [0.15, 0.2) is 0 Å². The number of rotatable bonds is 4. The lowest BCUT2D eigenvalue weighted by Gasteiger charge is -2.00. The molecular weight excluding hydrogens is 326 g/mol. The first-order valence-corrected chi connectivity index (χ1v) is 7.48. The predicted molar refractivity (Wildman–Crippen MR) is 82.7 cm³/mol. The molecule has 0 aliphatic rings. The zero-order chi connectivity index (χ0) is 15.9. The van der Waals surface area contributed by atoms with Crippen LogP contribution in [0.15, 0.2) is 18.2 Å². The lowest BCUT2D eigenvalue weighted by Crippen LogP contribution is -2.08. The van der Waals surface area contributed by atoms with Crippen molar-refractivity contribution in [3.63, 3.8) is 0 Å². The van der Waals surface area contributed by atoms with Crippen LogP contribution in [0.5, 0.6) is 0 Å². The number of ketones is 1. The summed E-state index contributed by atoms with van der Waals surface area (Å²) in [5, 5.41) is 14.1. The second-order valence-electron chi connectivity index (χ2n) is 4.76. The SMILES string of the molecule is Cc1nnsc1C(=O)c1[nH]c2ccc(Cl)cc2c1CC(=O)O. The Bertz CT molecular complexity index is 900. The molecule has 3 rings (SSSR count). The third-order valence-corrected chi connectivity index (χ3v) is 4.34. The van der Waals surface area contributed by atoms with Crippen molar-refractivity contribution in [1.29, 1.82) is 0 Å². The van der Waals surface area contributed by atoms with E-state index in [-0.39, 0.29) is 17.9 Å². The van der Waals surface area contributed by atoms with E-state index >= 15 is 0 Å². The Morgan fingerprint density at radius 3 is 2.82 bits per heavy atom. The van der Waals surface area contributed by atoms with Crippen LogP contribution in [0, 0.1) is 6.92 Å². The van der Waals surface area contributed by atoms with Crippen LogP contribution < -0.4 is 0 Å². The number of nitrogens with zero attached hydrogens (tertiary/aromatic N) is 2. The molecular formula is C14H10ClN3O3S. The average Bonchev–Trinajstić information content (AvgIpc) is 3.02. The van der Waals surface area contributed by atoms with Gasteiger partial charge in [-0.2, -0.15) is 0 Å². The lowest BCUT2D eigenvalue weighted by molar-refractivity contribution is -0.136. The van der Waals surface area contributed by atoms with E-state index in [1.165, 1.54) is 0 Å². The van der Waals surface area contributed by atoms with Crippen molar-refractivity contribution in [3.8, 4) is 0 Å². The summed E-state index contributed by atoms with van der Waals surface area (Å²) in [6.45, 7) is 1.69. The van der Waals surface area contributed by atoms with Gasteiger partial charge in [0.05, 0.1) is 17.8 Å². The van der Waals surface area contributed by atoms with E-state index in [9.17, 15) is 9.59 Å². The van der Waals surface area contributed by atoms with Crippen LogP contribution in [0.1, 0.15) is 26.6 Å². The highest BCUT2D eigenvalue weighted by Crippen LogP contribution is 2.28. The molecule has 0 spiro atoms. The molecule has 2 N–H and O–H groups in total. The molecule has 0 radical (unpaired) electrons. The molecule has 0 amide bonds. The molecule has 2 aromatic heterocycles. The van der Waals surface area contributed by atoms with Crippen LogP contribution in [0.25, 0.3) is 10.9 Å². The van der Waals surface area contributed by atoms with Crippen LogP contribution in [0.3, 0.4) is 0 Å². The highest BCUT2D eigenvalue weighted by molar-refractivity contribution is 7.08. The Kier molecular flexibility index (Phi) is 3.67. The highest BCUT2D eigenvalue weighted by Gasteiger charge is 2.24. The maximum atomic E-state index is 12.7. The number of carboxylic acids is 1. The number of H-pyrrole nitrogens is 1. The van der Waals surface area contributed by atoms with E-state index in [2.05, 4.69) is 14.6 Å². The fourth-order valence-corrected chi connectivity index (χ4v) is 3.08. The van der Waals surface area contributed by atoms with Crippen molar-refractivity contribution < 1.29 is 14.7 Å². The number of halogens is 1. The Hall–Kier alpha value is -2.25. The average molecular weight is 336 g/mol. The normalized spacial score (nSPS) is 11.0. The Labute approximate surface area is 133 Å².